The third kappa shape index (κ3) is 6.11. The number of aliphatic carboxylic acids is 1. The first-order valence-electron chi connectivity index (χ1n) is 15.2. The predicted octanol–water partition coefficient (Wildman–Crippen LogP) is 5.87. The van der Waals surface area contributed by atoms with Gasteiger partial charge in [-0.2, -0.15) is 0 Å². The van der Waals surface area contributed by atoms with E-state index in [2.05, 4.69) is 6.92 Å². The van der Waals surface area contributed by atoms with Gasteiger partial charge >= 0.3 is 17.9 Å². The molecule has 0 bridgehead atoms. The zero-order valence-corrected chi connectivity index (χ0v) is 26.6. The van der Waals surface area contributed by atoms with Crippen molar-refractivity contribution in [1.29, 1.82) is 0 Å². The van der Waals surface area contributed by atoms with Gasteiger partial charge in [0.1, 0.15) is 53.7 Å². The minimum atomic E-state index is -0.845. The molecule has 4 atom stereocenters. The van der Waals surface area contributed by atoms with Gasteiger partial charge in [-0.15, -0.1) is 0 Å². The number of carbonyl (C=O) groups excluding carboxylic acids is 3. The molecule has 2 aromatic rings. The number of carboxylic acid groups (broad SMARTS) is 1. The maximum atomic E-state index is 11.8. The molecule has 46 heavy (non-hydrogen) atoms. The number of hydrogen-bond donors (Lipinski definition) is 1. The van der Waals surface area contributed by atoms with Crippen molar-refractivity contribution < 1.29 is 52.7 Å². The molecule has 0 spiro atoms. The van der Waals surface area contributed by atoms with Gasteiger partial charge in [-0.25, -0.2) is 9.59 Å². The number of rotatable bonds is 8. The number of carboxylic acids is 1. The molecule has 0 aromatic heterocycles. The zero-order chi connectivity index (χ0) is 32.7. The molecule has 6 rings (SSSR count). The van der Waals surface area contributed by atoms with Crippen LogP contribution in [0.1, 0.15) is 104 Å². The van der Waals surface area contributed by atoms with Gasteiger partial charge in [0.2, 0.25) is 0 Å². The third-order valence-electron chi connectivity index (χ3n) is 9.84. The fourth-order valence-corrected chi connectivity index (χ4v) is 6.53. The van der Waals surface area contributed by atoms with Crippen LogP contribution >= 0.6 is 0 Å². The summed E-state index contributed by atoms with van der Waals surface area (Å²) in [6.07, 6.45) is 3.96. The minimum Gasteiger partial charge on any atom is -0.496 e. The van der Waals surface area contributed by atoms with E-state index in [0.717, 1.165) is 35.0 Å². The van der Waals surface area contributed by atoms with E-state index in [-0.39, 0.29) is 50.8 Å². The van der Waals surface area contributed by atoms with Crippen molar-refractivity contribution in [2.75, 3.05) is 14.2 Å². The first kappa shape index (κ1) is 34.6. The molecule has 0 radical (unpaired) electrons. The molecule has 0 unspecified atom stereocenters. The van der Waals surface area contributed by atoms with Crippen LogP contribution in [0.3, 0.4) is 0 Å². The van der Waals surface area contributed by atoms with Gasteiger partial charge in [-0.1, -0.05) is 21.3 Å². The molecule has 2 aromatic carbocycles. The molecule has 0 saturated heterocycles. The van der Waals surface area contributed by atoms with Crippen molar-refractivity contribution in [2.24, 2.45) is 11.8 Å². The Morgan fingerprint density at radius 3 is 1.67 bits per heavy atom. The van der Waals surface area contributed by atoms with E-state index in [9.17, 15) is 19.2 Å². The summed E-state index contributed by atoms with van der Waals surface area (Å²) >= 11 is 0. The summed E-state index contributed by atoms with van der Waals surface area (Å²) in [7, 11) is 3.15. The number of ether oxygens (including phenoxy) is 6. The Bertz CT molecular complexity index is 1550. The molecule has 11 heteroatoms. The lowest BCUT2D eigenvalue weighted by atomic mass is 9.78. The smallest absolute Gasteiger partial charge is 0.339 e. The minimum absolute atomic E-state index is 0. The van der Waals surface area contributed by atoms with Gasteiger partial charge in [0.25, 0.3) is 0 Å². The lowest BCUT2D eigenvalue weighted by molar-refractivity contribution is -0.138. The molecular formula is C35H44O11. The van der Waals surface area contributed by atoms with Gasteiger partial charge in [0.05, 0.1) is 25.3 Å². The fourth-order valence-electron chi connectivity index (χ4n) is 6.53. The van der Waals surface area contributed by atoms with Crippen LogP contribution in [0.2, 0.25) is 0 Å². The van der Waals surface area contributed by atoms with E-state index in [1.54, 1.807) is 26.4 Å². The summed E-state index contributed by atoms with van der Waals surface area (Å²) in [5.74, 6) is 1.40. The zero-order valence-electron chi connectivity index (χ0n) is 26.6. The van der Waals surface area contributed by atoms with Crippen LogP contribution in [0.25, 0.3) is 0 Å². The lowest BCUT2D eigenvalue weighted by Crippen LogP contribution is -2.44. The molecule has 4 heterocycles. The first-order valence-corrected chi connectivity index (χ1v) is 15.2. The Morgan fingerprint density at radius 2 is 1.28 bits per heavy atom. The number of esters is 2. The van der Waals surface area contributed by atoms with Crippen LogP contribution in [0, 0.1) is 11.8 Å². The summed E-state index contributed by atoms with van der Waals surface area (Å²) in [5, 5.41) is 8.97. The van der Waals surface area contributed by atoms with E-state index in [1.165, 1.54) is 0 Å². The van der Waals surface area contributed by atoms with Gasteiger partial charge in [0, 0.05) is 35.1 Å². The Hall–Kier alpha value is -4.28. The molecule has 0 saturated carbocycles. The van der Waals surface area contributed by atoms with Gasteiger partial charge in [0.15, 0.2) is 0 Å². The van der Waals surface area contributed by atoms with E-state index >= 15 is 0 Å². The second-order valence-electron chi connectivity index (χ2n) is 12.6. The number of aldehydes is 1. The lowest BCUT2D eigenvalue weighted by Gasteiger charge is -2.42. The molecule has 1 N–H and O–H groups in total. The van der Waals surface area contributed by atoms with Crippen LogP contribution in [0.5, 0.6) is 23.0 Å². The number of hydrogen-bond acceptors (Lipinski definition) is 10. The fraction of sp³-hybridized carbons (Fsp3) is 0.543. The first-order chi connectivity index (χ1) is 21.4. The van der Waals surface area contributed by atoms with E-state index in [4.69, 9.17) is 33.5 Å². The van der Waals surface area contributed by atoms with Crippen LogP contribution in [-0.2, 0) is 45.1 Å². The number of carbonyl (C=O) groups is 4. The molecule has 0 amide bonds. The normalized spacial score (nSPS) is 24.9. The van der Waals surface area contributed by atoms with Crippen molar-refractivity contribution in [3.8, 4) is 23.0 Å². The predicted molar refractivity (Wildman–Crippen MR) is 167 cm³/mol. The highest BCUT2D eigenvalue weighted by Crippen LogP contribution is 2.49. The topological polar surface area (TPSA) is 144 Å². The molecule has 250 valence electrons. The van der Waals surface area contributed by atoms with Crippen molar-refractivity contribution >= 4 is 24.2 Å². The highest BCUT2D eigenvalue weighted by Gasteiger charge is 2.44. The highest BCUT2D eigenvalue weighted by molar-refractivity contribution is 5.96. The second-order valence-corrected chi connectivity index (χ2v) is 12.6. The van der Waals surface area contributed by atoms with Gasteiger partial charge in [-0.05, 0) is 63.5 Å². The summed E-state index contributed by atoms with van der Waals surface area (Å²) < 4.78 is 33.6. The number of fused-ring (bicyclic) bond motifs is 6. The van der Waals surface area contributed by atoms with Crippen LogP contribution in [0.4, 0.5) is 0 Å². The standard InChI is InChI=1S/C17H20O6.C17H20O5.CH4/c1-9-6-11-13(21-3)7-10-12(8-22-16(10)20)15(11)23-17(9,2)5-4-14(18)19;1-10-7-12-14(20-3)8-11-13(9-21-16(11)19)15(12)22-17(10,2)5-4-6-18;/h7,9H,4-6,8H2,1-3H3,(H,18,19);6,8,10H,4-5,7,9H2,1-3H3;1H4/t9-,17-;10-,17-;/m00./s1. The Kier molecular flexibility index (Phi) is 9.94. The number of cyclic esters (lactones) is 2. The monoisotopic (exact) mass is 640 g/mol. The molecule has 4 aliphatic heterocycles. The molecule has 4 aliphatic rings. The summed E-state index contributed by atoms with van der Waals surface area (Å²) in [6.45, 7) is 8.52. The number of methoxy groups -OCH3 is 2. The Morgan fingerprint density at radius 1 is 0.848 bits per heavy atom. The van der Waals surface area contributed by atoms with Crippen molar-refractivity contribution in [3.05, 3.63) is 45.5 Å². The highest BCUT2D eigenvalue weighted by atomic mass is 16.6. The van der Waals surface area contributed by atoms with Crippen LogP contribution in [0.15, 0.2) is 12.1 Å². The average Bonchev–Trinajstić information content (AvgIpc) is 3.58. The van der Waals surface area contributed by atoms with Crippen molar-refractivity contribution in [1.82, 2.24) is 0 Å². The van der Waals surface area contributed by atoms with Crippen molar-refractivity contribution in [2.45, 2.75) is 98.1 Å². The summed E-state index contributed by atoms with van der Waals surface area (Å²) in [5.41, 5.74) is 3.39. The summed E-state index contributed by atoms with van der Waals surface area (Å²) in [6, 6.07) is 3.45. The largest absolute Gasteiger partial charge is 0.496 e. The second kappa shape index (κ2) is 13.2. The summed E-state index contributed by atoms with van der Waals surface area (Å²) in [4.78, 5) is 45.3. The Labute approximate surface area is 269 Å². The molecule has 0 fully saturated rings. The van der Waals surface area contributed by atoms with Gasteiger partial charge < -0.3 is 38.3 Å². The van der Waals surface area contributed by atoms with E-state index in [1.807, 2.05) is 20.8 Å². The van der Waals surface area contributed by atoms with Gasteiger partial charge in [-0.3, -0.25) is 4.79 Å². The molecule has 11 nitrogen and oxygen atoms in total. The molecule has 0 aliphatic carbocycles. The third-order valence-corrected chi connectivity index (χ3v) is 9.84. The SMILES string of the molecule is C.COc1cc2c(c3c1C[C@H](C)[C@](C)(CCC(=O)O)O3)COC2=O.COc1cc2c(c3c1C[C@H](C)[C@](C)(CCC=O)O3)COC2=O. The quantitative estimate of drug-likeness (QED) is 0.273. The van der Waals surface area contributed by atoms with E-state index in [0.29, 0.717) is 59.8 Å². The Balaban J connectivity index is 0.000000205. The maximum absolute atomic E-state index is 11.8. The van der Waals surface area contributed by atoms with Crippen LogP contribution < -0.4 is 18.9 Å². The molecular weight excluding hydrogens is 596 g/mol. The van der Waals surface area contributed by atoms with E-state index < -0.39 is 17.2 Å². The average molecular weight is 641 g/mol. The van der Waals surface area contributed by atoms with Crippen LogP contribution in [-0.4, -0.2) is 54.7 Å². The maximum Gasteiger partial charge on any atom is 0.339 e. The van der Waals surface area contributed by atoms with Crippen molar-refractivity contribution in [3.63, 3.8) is 0 Å². The number of benzene rings is 2.